The zero-order valence-corrected chi connectivity index (χ0v) is 16.8. The second-order valence-electron chi connectivity index (χ2n) is 8.15. The second-order valence-corrected chi connectivity index (χ2v) is 8.15. The minimum absolute atomic E-state index is 0.906. The molecule has 1 aromatic heterocycles. The van der Waals surface area contributed by atoms with Gasteiger partial charge in [-0.25, -0.2) is 4.98 Å². The molecule has 1 aliphatic rings. The lowest BCUT2D eigenvalue weighted by Gasteiger charge is -2.07. The van der Waals surface area contributed by atoms with Crippen molar-refractivity contribution in [3.63, 3.8) is 0 Å². The van der Waals surface area contributed by atoms with Crippen LogP contribution in [0.25, 0.3) is 66.6 Å². The Morgan fingerprint density at radius 2 is 1.26 bits per heavy atom. The number of H-pyrrole nitrogens is 1. The first-order valence-electron chi connectivity index (χ1n) is 10.6. The number of fused-ring (bicyclic) bond motifs is 4. The fourth-order valence-electron chi connectivity index (χ4n) is 4.89. The van der Waals surface area contributed by atoms with E-state index in [-0.39, 0.29) is 0 Å². The number of benzene rings is 5. The molecular formula is C29H18N2. The molecule has 0 amide bonds. The molecule has 0 unspecified atom stereocenters. The number of nitrogens with zero attached hydrogens (tertiary/aromatic N) is 1. The number of imidazole rings is 1. The van der Waals surface area contributed by atoms with Crippen LogP contribution in [0.3, 0.4) is 0 Å². The smallest absolute Gasteiger partial charge is 0.138 e. The van der Waals surface area contributed by atoms with Crippen LogP contribution in [0, 0.1) is 0 Å². The average Bonchev–Trinajstić information content (AvgIpc) is 3.40. The molecule has 0 radical (unpaired) electrons. The highest BCUT2D eigenvalue weighted by Gasteiger charge is 2.21. The molecule has 5 aromatic carbocycles. The SMILES string of the molecule is c1ccc(-c2nc3ccc(-c4ccc5c(c4)-c4cccc6cccc-5c46)cc3[nH]2)cc1. The molecule has 1 aliphatic carbocycles. The molecule has 1 heterocycles. The molecule has 2 heteroatoms. The highest BCUT2D eigenvalue weighted by Crippen LogP contribution is 2.48. The van der Waals surface area contributed by atoms with E-state index in [0.29, 0.717) is 0 Å². The number of hydrogen-bond donors (Lipinski definition) is 1. The topological polar surface area (TPSA) is 28.7 Å². The Bertz CT molecular complexity index is 1620. The van der Waals surface area contributed by atoms with Gasteiger partial charge >= 0.3 is 0 Å². The van der Waals surface area contributed by atoms with Gasteiger partial charge in [0.15, 0.2) is 0 Å². The Balaban J connectivity index is 1.36. The maximum Gasteiger partial charge on any atom is 0.138 e. The van der Waals surface area contributed by atoms with E-state index in [1.165, 1.54) is 44.2 Å². The third kappa shape index (κ3) is 2.42. The van der Waals surface area contributed by atoms with Gasteiger partial charge in [-0.15, -0.1) is 0 Å². The predicted octanol–water partition coefficient (Wildman–Crippen LogP) is 7.70. The Morgan fingerprint density at radius 3 is 2.10 bits per heavy atom. The third-order valence-electron chi connectivity index (χ3n) is 6.37. The van der Waals surface area contributed by atoms with Crippen LogP contribution in [0.5, 0.6) is 0 Å². The lowest BCUT2D eigenvalue weighted by atomic mass is 9.97. The van der Waals surface area contributed by atoms with E-state index in [1.54, 1.807) is 0 Å². The van der Waals surface area contributed by atoms with E-state index in [1.807, 2.05) is 18.2 Å². The first-order chi connectivity index (χ1) is 15.3. The molecule has 2 nitrogen and oxygen atoms in total. The third-order valence-corrected chi connectivity index (χ3v) is 6.37. The van der Waals surface area contributed by atoms with Crippen LogP contribution in [0.4, 0.5) is 0 Å². The molecule has 1 N–H and O–H groups in total. The van der Waals surface area contributed by atoms with E-state index < -0.39 is 0 Å². The van der Waals surface area contributed by atoms with Crippen molar-refractivity contribution in [3.05, 3.63) is 103 Å². The average molecular weight is 394 g/mol. The van der Waals surface area contributed by atoms with Crippen molar-refractivity contribution in [3.8, 4) is 44.8 Å². The maximum atomic E-state index is 4.77. The van der Waals surface area contributed by atoms with Gasteiger partial charge in [0.05, 0.1) is 11.0 Å². The van der Waals surface area contributed by atoms with E-state index >= 15 is 0 Å². The number of aromatic amines is 1. The summed E-state index contributed by atoms with van der Waals surface area (Å²) in [6.07, 6.45) is 0. The van der Waals surface area contributed by atoms with Crippen molar-refractivity contribution in [1.29, 1.82) is 0 Å². The number of nitrogens with one attached hydrogen (secondary N) is 1. The summed E-state index contributed by atoms with van der Waals surface area (Å²) in [6, 6.07) is 36.8. The van der Waals surface area contributed by atoms with Crippen molar-refractivity contribution in [1.82, 2.24) is 9.97 Å². The molecule has 7 rings (SSSR count). The van der Waals surface area contributed by atoms with Gasteiger partial charge < -0.3 is 4.98 Å². The molecule has 0 atom stereocenters. The van der Waals surface area contributed by atoms with E-state index in [9.17, 15) is 0 Å². The van der Waals surface area contributed by atoms with Crippen LogP contribution >= 0.6 is 0 Å². The summed E-state index contributed by atoms with van der Waals surface area (Å²) in [5.41, 5.74) is 10.9. The van der Waals surface area contributed by atoms with Crippen LogP contribution in [0.1, 0.15) is 0 Å². The summed E-state index contributed by atoms with van der Waals surface area (Å²) in [5.74, 6) is 0.906. The first kappa shape index (κ1) is 16.6. The number of aromatic nitrogens is 2. The van der Waals surface area contributed by atoms with Gasteiger partial charge in [0.2, 0.25) is 0 Å². The summed E-state index contributed by atoms with van der Waals surface area (Å²) in [6.45, 7) is 0. The zero-order valence-electron chi connectivity index (χ0n) is 16.8. The summed E-state index contributed by atoms with van der Waals surface area (Å²) in [5, 5.41) is 2.67. The molecule has 0 fully saturated rings. The standard InChI is InChI=1S/C29H18N2/c1-2-6-19(7-3-1)29-30-26-15-13-21(17-27(26)31-29)20-12-14-22-23-10-4-8-18-9-5-11-24(28(18)23)25(22)16-20/h1-17H,(H,30,31). The van der Waals surface area contributed by atoms with Crippen LogP contribution in [-0.4, -0.2) is 9.97 Å². The molecule has 144 valence electrons. The van der Waals surface area contributed by atoms with Crippen molar-refractivity contribution >= 4 is 21.8 Å². The monoisotopic (exact) mass is 394 g/mol. The molecule has 0 aliphatic heterocycles. The van der Waals surface area contributed by atoms with Crippen molar-refractivity contribution < 1.29 is 0 Å². The highest BCUT2D eigenvalue weighted by molar-refractivity contribution is 6.15. The van der Waals surface area contributed by atoms with E-state index in [2.05, 4.69) is 89.9 Å². The maximum absolute atomic E-state index is 4.77. The molecule has 0 saturated heterocycles. The van der Waals surface area contributed by atoms with Gasteiger partial charge in [-0.1, -0.05) is 84.9 Å². The summed E-state index contributed by atoms with van der Waals surface area (Å²) in [4.78, 5) is 8.27. The van der Waals surface area contributed by atoms with E-state index in [0.717, 1.165) is 22.4 Å². The molecule has 6 aromatic rings. The van der Waals surface area contributed by atoms with Crippen LogP contribution < -0.4 is 0 Å². The number of rotatable bonds is 2. The van der Waals surface area contributed by atoms with Crippen molar-refractivity contribution in [2.24, 2.45) is 0 Å². The minimum Gasteiger partial charge on any atom is -0.338 e. The molecular weight excluding hydrogens is 376 g/mol. The second kappa shape index (κ2) is 6.16. The summed E-state index contributed by atoms with van der Waals surface area (Å²) >= 11 is 0. The van der Waals surface area contributed by atoms with Gasteiger partial charge in [-0.2, -0.15) is 0 Å². The quantitative estimate of drug-likeness (QED) is 0.320. The Kier molecular flexibility index (Phi) is 3.30. The minimum atomic E-state index is 0.906. The van der Waals surface area contributed by atoms with Gasteiger partial charge in [-0.05, 0) is 62.4 Å². The fraction of sp³-hybridized carbons (Fsp3) is 0. The van der Waals surface area contributed by atoms with Crippen LogP contribution in [0.2, 0.25) is 0 Å². The molecule has 0 bridgehead atoms. The Hall–Kier alpha value is -4.17. The lowest BCUT2D eigenvalue weighted by molar-refractivity contribution is 1.34. The lowest BCUT2D eigenvalue weighted by Crippen LogP contribution is -1.82. The van der Waals surface area contributed by atoms with Crippen molar-refractivity contribution in [2.75, 3.05) is 0 Å². The highest BCUT2D eigenvalue weighted by atomic mass is 14.9. The van der Waals surface area contributed by atoms with Crippen molar-refractivity contribution in [2.45, 2.75) is 0 Å². The Morgan fingerprint density at radius 1 is 0.516 bits per heavy atom. The van der Waals surface area contributed by atoms with Gasteiger partial charge in [-0.3, -0.25) is 0 Å². The van der Waals surface area contributed by atoms with E-state index in [4.69, 9.17) is 4.98 Å². The van der Waals surface area contributed by atoms with Gasteiger partial charge in [0.1, 0.15) is 5.82 Å². The molecule has 31 heavy (non-hydrogen) atoms. The predicted molar refractivity (Wildman–Crippen MR) is 129 cm³/mol. The van der Waals surface area contributed by atoms with Crippen LogP contribution in [-0.2, 0) is 0 Å². The summed E-state index contributed by atoms with van der Waals surface area (Å²) in [7, 11) is 0. The molecule has 0 spiro atoms. The molecule has 0 saturated carbocycles. The normalized spacial score (nSPS) is 11.9. The number of hydrogen-bond acceptors (Lipinski definition) is 1. The summed E-state index contributed by atoms with van der Waals surface area (Å²) < 4.78 is 0. The fourth-order valence-corrected chi connectivity index (χ4v) is 4.89. The Labute approximate surface area is 179 Å². The first-order valence-corrected chi connectivity index (χ1v) is 10.6. The largest absolute Gasteiger partial charge is 0.338 e. The van der Waals surface area contributed by atoms with Crippen LogP contribution in [0.15, 0.2) is 103 Å². The van der Waals surface area contributed by atoms with Gasteiger partial charge in [0.25, 0.3) is 0 Å². The van der Waals surface area contributed by atoms with Gasteiger partial charge in [0, 0.05) is 5.56 Å². The zero-order chi connectivity index (χ0) is 20.4.